The number of hydrogen-bond donors (Lipinski definition) is 0. The summed E-state index contributed by atoms with van der Waals surface area (Å²) >= 11 is 0. The van der Waals surface area contributed by atoms with Crippen LogP contribution < -0.4 is 0 Å². The third-order valence-electron chi connectivity index (χ3n) is 1.60. The quantitative estimate of drug-likeness (QED) is 0.699. The molecule has 0 spiro atoms. The summed E-state index contributed by atoms with van der Waals surface area (Å²) in [6, 6.07) is 0. The van der Waals surface area contributed by atoms with E-state index in [0.717, 1.165) is 0 Å². The minimum Gasteiger partial charge on any atom is -0.345 e. The van der Waals surface area contributed by atoms with Gasteiger partial charge in [0.25, 0.3) is 0 Å². The van der Waals surface area contributed by atoms with Crippen molar-refractivity contribution in [3.63, 3.8) is 0 Å². The lowest BCUT2D eigenvalue weighted by atomic mass is 10.1. The fourth-order valence-electron chi connectivity index (χ4n) is 2.11. The van der Waals surface area contributed by atoms with Crippen molar-refractivity contribution in [1.29, 1.82) is 0 Å². The second-order valence-electron chi connectivity index (χ2n) is 7.33. The van der Waals surface area contributed by atoms with E-state index in [9.17, 15) is 0 Å². The normalized spacial score (nSPS) is 15.2. The summed E-state index contributed by atoms with van der Waals surface area (Å²) in [4.78, 5) is 0. The van der Waals surface area contributed by atoms with E-state index in [-0.39, 0.29) is 11.2 Å². The van der Waals surface area contributed by atoms with Gasteiger partial charge in [-0.3, -0.25) is 0 Å². The first kappa shape index (κ1) is 16.9. The summed E-state index contributed by atoms with van der Waals surface area (Å²) in [6.07, 6.45) is 0. The van der Waals surface area contributed by atoms with Gasteiger partial charge < -0.3 is 14.2 Å². The molecule has 0 aromatic heterocycles. The Bertz CT molecular complexity index is 215. The predicted molar refractivity (Wildman–Crippen MR) is 70.9 cm³/mol. The zero-order valence-corrected chi connectivity index (χ0v) is 13.2. The van der Waals surface area contributed by atoms with Gasteiger partial charge in [0.05, 0.1) is 11.2 Å². The van der Waals surface area contributed by atoms with Crippen molar-refractivity contribution >= 4 is 0 Å². The zero-order valence-electron chi connectivity index (χ0n) is 13.2. The fraction of sp³-hybridized carbons (Fsp3) is 1.00. The van der Waals surface area contributed by atoms with Gasteiger partial charge in [0.1, 0.15) is 0 Å². The van der Waals surface area contributed by atoms with Gasteiger partial charge in [-0.25, -0.2) is 0 Å². The number of ether oxygens (including phenoxy) is 3. The summed E-state index contributed by atoms with van der Waals surface area (Å²) in [5, 5.41) is 0. The van der Waals surface area contributed by atoms with Crippen LogP contribution in [0.15, 0.2) is 0 Å². The van der Waals surface area contributed by atoms with Crippen LogP contribution in [-0.4, -0.2) is 22.8 Å². The van der Waals surface area contributed by atoms with E-state index in [1.165, 1.54) is 0 Å². The molecular formula is C14H30O3. The Morgan fingerprint density at radius 1 is 0.412 bits per heavy atom. The molecule has 0 aliphatic carbocycles. The van der Waals surface area contributed by atoms with Gasteiger partial charge in [0.15, 0.2) is 11.6 Å². The average molecular weight is 246 g/mol. The average Bonchev–Trinajstić information content (AvgIpc) is 1.65. The van der Waals surface area contributed by atoms with Gasteiger partial charge in [0, 0.05) is 0 Å². The van der Waals surface area contributed by atoms with Crippen molar-refractivity contribution < 1.29 is 14.2 Å². The predicted octanol–water partition coefficient (Wildman–Crippen LogP) is 4.11. The van der Waals surface area contributed by atoms with E-state index in [1.54, 1.807) is 0 Å². The Kier molecular flexibility index (Phi) is 4.83. The number of rotatable bonds is 4. The Balaban J connectivity index is 4.59. The maximum absolute atomic E-state index is 5.93. The first-order valence-electron chi connectivity index (χ1n) is 6.22. The topological polar surface area (TPSA) is 27.7 Å². The largest absolute Gasteiger partial charge is 0.345 e. The van der Waals surface area contributed by atoms with Crippen molar-refractivity contribution in [1.82, 2.24) is 0 Å². The molecule has 0 rings (SSSR count). The molecule has 0 atom stereocenters. The molecule has 0 radical (unpaired) electrons. The second kappa shape index (κ2) is 4.87. The third-order valence-corrected chi connectivity index (χ3v) is 1.60. The van der Waals surface area contributed by atoms with Gasteiger partial charge in [-0.15, -0.1) is 0 Å². The Hall–Kier alpha value is -0.120. The molecule has 3 heteroatoms. The van der Waals surface area contributed by atoms with Crippen LogP contribution in [0.5, 0.6) is 0 Å². The Labute approximate surface area is 107 Å². The lowest BCUT2D eigenvalue weighted by Gasteiger charge is -2.41. The van der Waals surface area contributed by atoms with E-state index < -0.39 is 11.6 Å². The van der Waals surface area contributed by atoms with Crippen molar-refractivity contribution in [3.8, 4) is 0 Å². The van der Waals surface area contributed by atoms with Gasteiger partial charge >= 0.3 is 0 Å². The molecule has 0 aliphatic rings. The van der Waals surface area contributed by atoms with Crippen LogP contribution in [0.3, 0.4) is 0 Å². The lowest BCUT2D eigenvalue weighted by Crippen LogP contribution is -2.47. The fourth-order valence-corrected chi connectivity index (χ4v) is 2.11. The van der Waals surface area contributed by atoms with Crippen molar-refractivity contribution in [2.45, 2.75) is 92.0 Å². The Morgan fingerprint density at radius 2 is 0.647 bits per heavy atom. The first-order valence-corrected chi connectivity index (χ1v) is 6.22. The zero-order chi connectivity index (χ0) is 14.1. The lowest BCUT2D eigenvalue weighted by molar-refractivity contribution is -0.368. The molecule has 0 saturated carbocycles. The molecule has 0 N–H and O–H groups in total. The minimum absolute atomic E-state index is 0.249. The highest BCUT2D eigenvalue weighted by Crippen LogP contribution is 2.29. The molecule has 104 valence electrons. The van der Waals surface area contributed by atoms with E-state index in [2.05, 4.69) is 0 Å². The van der Waals surface area contributed by atoms with Gasteiger partial charge in [0.2, 0.25) is 0 Å². The summed E-state index contributed by atoms with van der Waals surface area (Å²) in [6.45, 7) is 19.7. The van der Waals surface area contributed by atoms with Crippen molar-refractivity contribution in [2.75, 3.05) is 0 Å². The molecule has 0 unspecified atom stereocenters. The molecule has 17 heavy (non-hydrogen) atoms. The molecule has 0 bridgehead atoms. The highest BCUT2D eigenvalue weighted by atomic mass is 16.8. The summed E-state index contributed by atoms with van der Waals surface area (Å²) < 4.78 is 17.7. The van der Waals surface area contributed by atoms with Crippen LogP contribution in [0.2, 0.25) is 0 Å². The monoisotopic (exact) mass is 246 g/mol. The van der Waals surface area contributed by atoms with Crippen LogP contribution >= 0.6 is 0 Å². The number of hydrogen-bond acceptors (Lipinski definition) is 3. The smallest absolute Gasteiger partial charge is 0.166 e. The highest BCUT2D eigenvalue weighted by molar-refractivity contribution is 4.71. The molecule has 0 aromatic rings. The van der Waals surface area contributed by atoms with Gasteiger partial charge in [-0.1, -0.05) is 0 Å². The van der Waals surface area contributed by atoms with Crippen LogP contribution in [0, 0.1) is 0 Å². The summed E-state index contributed by atoms with van der Waals surface area (Å²) in [7, 11) is 0. The molecule has 0 aromatic carbocycles. The van der Waals surface area contributed by atoms with E-state index in [4.69, 9.17) is 14.2 Å². The van der Waals surface area contributed by atoms with Crippen molar-refractivity contribution in [2.24, 2.45) is 0 Å². The van der Waals surface area contributed by atoms with Gasteiger partial charge in [-0.2, -0.15) is 0 Å². The maximum atomic E-state index is 5.93. The molecule has 0 amide bonds. The van der Waals surface area contributed by atoms with E-state index in [0.29, 0.717) is 0 Å². The highest BCUT2D eigenvalue weighted by Gasteiger charge is 2.36. The molecule has 0 heterocycles. The van der Waals surface area contributed by atoms with Crippen LogP contribution in [0.1, 0.15) is 69.2 Å². The van der Waals surface area contributed by atoms with Crippen LogP contribution in [0.4, 0.5) is 0 Å². The Morgan fingerprint density at radius 3 is 0.824 bits per heavy atom. The van der Waals surface area contributed by atoms with Crippen molar-refractivity contribution in [3.05, 3.63) is 0 Å². The van der Waals surface area contributed by atoms with Gasteiger partial charge in [-0.05, 0) is 69.2 Å². The standard InChI is InChI=1S/C14H30O3/c1-11(2,3)15-13(7,8)17-14(9,10)16-12(4,5)6/h1-10H3. The third kappa shape index (κ3) is 9.57. The SMILES string of the molecule is CC(C)(C)OC(C)(C)OC(C)(C)OC(C)(C)C. The second-order valence-corrected chi connectivity index (χ2v) is 7.33. The summed E-state index contributed by atoms with van der Waals surface area (Å²) in [5.41, 5.74) is -0.497. The maximum Gasteiger partial charge on any atom is 0.166 e. The van der Waals surface area contributed by atoms with E-state index in [1.807, 2.05) is 69.2 Å². The molecular weight excluding hydrogens is 216 g/mol. The minimum atomic E-state index is -0.688. The van der Waals surface area contributed by atoms with Crippen LogP contribution in [-0.2, 0) is 14.2 Å². The summed E-state index contributed by atoms with van der Waals surface area (Å²) in [5.74, 6) is -1.37. The first-order chi connectivity index (χ1) is 7.12. The van der Waals surface area contributed by atoms with Crippen LogP contribution in [0.25, 0.3) is 0 Å². The molecule has 3 nitrogen and oxygen atoms in total. The van der Waals surface area contributed by atoms with E-state index >= 15 is 0 Å². The molecule has 0 fully saturated rings. The molecule has 0 aliphatic heterocycles. The molecule has 0 saturated heterocycles.